The maximum absolute atomic E-state index is 12.4. The van der Waals surface area contributed by atoms with E-state index in [2.05, 4.69) is 25.4 Å². The Kier molecular flexibility index (Phi) is 4.99. The lowest BCUT2D eigenvalue weighted by atomic mass is 10.1. The number of piperidine rings is 1. The van der Waals surface area contributed by atoms with Gasteiger partial charge in [-0.3, -0.25) is 14.6 Å². The highest BCUT2D eigenvalue weighted by Crippen LogP contribution is 2.12. The van der Waals surface area contributed by atoms with Crippen molar-refractivity contribution in [3.05, 3.63) is 36.3 Å². The molecule has 4 heterocycles. The van der Waals surface area contributed by atoms with E-state index in [0.717, 1.165) is 57.2 Å². The summed E-state index contributed by atoms with van der Waals surface area (Å²) in [7, 11) is 0. The van der Waals surface area contributed by atoms with Crippen LogP contribution in [-0.2, 0) is 11.3 Å². The first kappa shape index (κ1) is 16.5. The van der Waals surface area contributed by atoms with E-state index < -0.39 is 0 Å². The number of nitrogens with zero attached hydrogens (tertiary/aromatic N) is 5. The SMILES string of the molecule is O=C(CN1CCN(Cc2cn3ccccc3n2)CC1)N1CCCCC1. The van der Waals surface area contributed by atoms with Gasteiger partial charge in [-0.25, -0.2) is 4.98 Å². The van der Waals surface area contributed by atoms with E-state index in [-0.39, 0.29) is 0 Å². The molecule has 0 aliphatic carbocycles. The number of carbonyl (C=O) groups excluding carboxylic acids is 1. The topological polar surface area (TPSA) is 44.1 Å². The molecule has 1 amide bonds. The van der Waals surface area contributed by atoms with E-state index in [4.69, 9.17) is 0 Å². The summed E-state index contributed by atoms with van der Waals surface area (Å²) in [6.07, 6.45) is 7.75. The third-order valence-corrected chi connectivity index (χ3v) is 5.33. The first-order valence-electron chi connectivity index (χ1n) is 9.43. The van der Waals surface area contributed by atoms with Crippen LogP contribution in [-0.4, -0.2) is 75.8 Å². The molecule has 25 heavy (non-hydrogen) atoms. The van der Waals surface area contributed by atoms with Crippen LogP contribution in [0.25, 0.3) is 5.65 Å². The van der Waals surface area contributed by atoms with Crippen molar-refractivity contribution in [2.24, 2.45) is 0 Å². The molecule has 0 unspecified atom stereocenters. The number of hydrogen-bond donors (Lipinski definition) is 0. The Morgan fingerprint density at radius 2 is 1.72 bits per heavy atom. The van der Waals surface area contributed by atoms with Crippen molar-refractivity contribution in [3.63, 3.8) is 0 Å². The monoisotopic (exact) mass is 341 g/mol. The molecule has 0 radical (unpaired) electrons. The molecule has 4 rings (SSSR count). The van der Waals surface area contributed by atoms with Gasteiger partial charge in [0.2, 0.25) is 5.91 Å². The normalized spacial score (nSPS) is 20.2. The fourth-order valence-corrected chi connectivity index (χ4v) is 3.83. The molecule has 6 nitrogen and oxygen atoms in total. The van der Waals surface area contributed by atoms with Gasteiger partial charge in [0.05, 0.1) is 12.2 Å². The smallest absolute Gasteiger partial charge is 0.236 e. The molecular formula is C19H27N5O. The van der Waals surface area contributed by atoms with Gasteiger partial charge in [0.15, 0.2) is 0 Å². The van der Waals surface area contributed by atoms with Crippen LogP contribution in [0.3, 0.4) is 0 Å². The number of hydrogen-bond acceptors (Lipinski definition) is 4. The Labute approximate surface area is 149 Å². The Hall–Kier alpha value is -1.92. The number of carbonyl (C=O) groups is 1. The molecule has 0 N–H and O–H groups in total. The van der Waals surface area contributed by atoms with Gasteiger partial charge in [-0.2, -0.15) is 0 Å². The summed E-state index contributed by atoms with van der Waals surface area (Å²) in [5.74, 6) is 0.313. The van der Waals surface area contributed by atoms with E-state index >= 15 is 0 Å². The highest BCUT2D eigenvalue weighted by molar-refractivity contribution is 5.78. The molecule has 0 atom stereocenters. The minimum atomic E-state index is 0.313. The Morgan fingerprint density at radius 3 is 2.48 bits per heavy atom. The largest absolute Gasteiger partial charge is 0.342 e. The maximum atomic E-state index is 12.4. The Balaban J connectivity index is 1.25. The average Bonchev–Trinajstić information content (AvgIpc) is 3.06. The summed E-state index contributed by atoms with van der Waals surface area (Å²) in [5.41, 5.74) is 2.12. The van der Waals surface area contributed by atoms with Gasteiger partial charge in [0, 0.05) is 58.2 Å². The maximum Gasteiger partial charge on any atom is 0.236 e. The quantitative estimate of drug-likeness (QED) is 0.845. The van der Waals surface area contributed by atoms with Gasteiger partial charge < -0.3 is 9.30 Å². The first-order chi connectivity index (χ1) is 12.3. The molecule has 0 spiro atoms. The summed E-state index contributed by atoms with van der Waals surface area (Å²) < 4.78 is 2.07. The predicted octanol–water partition coefficient (Wildman–Crippen LogP) is 1.46. The van der Waals surface area contributed by atoms with Gasteiger partial charge in [0.25, 0.3) is 0 Å². The first-order valence-corrected chi connectivity index (χ1v) is 9.43. The number of rotatable bonds is 4. The summed E-state index contributed by atoms with van der Waals surface area (Å²) in [6, 6.07) is 6.08. The van der Waals surface area contributed by atoms with Gasteiger partial charge in [0.1, 0.15) is 5.65 Å². The second-order valence-electron chi connectivity index (χ2n) is 7.19. The summed E-state index contributed by atoms with van der Waals surface area (Å²) in [6.45, 7) is 7.30. The van der Waals surface area contributed by atoms with Crippen molar-refractivity contribution >= 4 is 11.6 Å². The van der Waals surface area contributed by atoms with Crippen molar-refractivity contribution in [2.45, 2.75) is 25.8 Å². The second-order valence-corrected chi connectivity index (χ2v) is 7.19. The molecule has 2 aromatic rings. The van der Waals surface area contributed by atoms with Crippen molar-refractivity contribution < 1.29 is 4.79 Å². The van der Waals surface area contributed by atoms with Crippen molar-refractivity contribution in [3.8, 4) is 0 Å². The van der Waals surface area contributed by atoms with Crippen molar-refractivity contribution in [1.82, 2.24) is 24.1 Å². The van der Waals surface area contributed by atoms with Crippen LogP contribution >= 0.6 is 0 Å². The van der Waals surface area contributed by atoms with E-state index in [1.807, 2.05) is 29.3 Å². The third kappa shape index (κ3) is 4.02. The molecule has 2 aromatic heterocycles. The van der Waals surface area contributed by atoms with Crippen LogP contribution in [0.15, 0.2) is 30.6 Å². The molecule has 134 valence electrons. The van der Waals surface area contributed by atoms with Crippen LogP contribution in [0.4, 0.5) is 0 Å². The number of likely N-dealkylation sites (tertiary alicyclic amines) is 1. The highest BCUT2D eigenvalue weighted by Gasteiger charge is 2.23. The van der Waals surface area contributed by atoms with E-state index in [0.29, 0.717) is 12.5 Å². The number of aromatic nitrogens is 2. The predicted molar refractivity (Wildman–Crippen MR) is 97.3 cm³/mol. The molecule has 2 fully saturated rings. The fraction of sp³-hybridized carbons (Fsp3) is 0.579. The summed E-state index contributed by atoms with van der Waals surface area (Å²) >= 11 is 0. The number of pyridine rings is 1. The fourth-order valence-electron chi connectivity index (χ4n) is 3.83. The third-order valence-electron chi connectivity index (χ3n) is 5.33. The molecule has 0 saturated carbocycles. The van der Waals surface area contributed by atoms with E-state index in [1.165, 1.54) is 19.3 Å². The van der Waals surface area contributed by atoms with Gasteiger partial charge in [-0.1, -0.05) is 6.07 Å². The molecule has 0 aromatic carbocycles. The molecule has 0 bridgehead atoms. The standard InChI is InChI=1S/C19H27N5O/c25-19(23-7-3-1-4-8-23)16-22-12-10-21(11-13-22)14-17-15-24-9-5-2-6-18(24)20-17/h2,5-6,9,15H,1,3-4,7-8,10-14,16H2. The van der Waals surface area contributed by atoms with Crippen LogP contribution in [0.2, 0.25) is 0 Å². The Morgan fingerprint density at radius 1 is 0.960 bits per heavy atom. The minimum Gasteiger partial charge on any atom is -0.342 e. The number of imidazole rings is 1. The lowest BCUT2D eigenvalue weighted by molar-refractivity contribution is -0.133. The van der Waals surface area contributed by atoms with Crippen molar-refractivity contribution in [2.75, 3.05) is 45.8 Å². The van der Waals surface area contributed by atoms with Gasteiger partial charge in [-0.15, -0.1) is 0 Å². The lowest BCUT2D eigenvalue weighted by Crippen LogP contribution is -2.50. The molecular weight excluding hydrogens is 314 g/mol. The van der Waals surface area contributed by atoms with Crippen LogP contribution in [0, 0.1) is 0 Å². The average molecular weight is 341 g/mol. The van der Waals surface area contributed by atoms with Crippen molar-refractivity contribution in [1.29, 1.82) is 0 Å². The molecule has 6 heteroatoms. The van der Waals surface area contributed by atoms with Crippen LogP contribution < -0.4 is 0 Å². The number of amides is 1. The summed E-state index contributed by atoms with van der Waals surface area (Å²) in [5, 5.41) is 0. The minimum absolute atomic E-state index is 0.313. The highest BCUT2D eigenvalue weighted by atomic mass is 16.2. The van der Waals surface area contributed by atoms with Crippen LogP contribution in [0.5, 0.6) is 0 Å². The zero-order valence-electron chi connectivity index (χ0n) is 14.8. The zero-order chi connectivity index (χ0) is 17.1. The van der Waals surface area contributed by atoms with E-state index in [9.17, 15) is 4.79 Å². The summed E-state index contributed by atoms with van der Waals surface area (Å²) in [4.78, 5) is 23.9. The number of fused-ring (bicyclic) bond motifs is 1. The number of piperazine rings is 1. The Bertz CT molecular complexity index is 680. The van der Waals surface area contributed by atoms with Gasteiger partial charge in [-0.05, 0) is 31.4 Å². The van der Waals surface area contributed by atoms with E-state index in [1.54, 1.807) is 0 Å². The van der Waals surface area contributed by atoms with Gasteiger partial charge >= 0.3 is 0 Å². The van der Waals surface area contributed by atoms with Crippen LogP contribution in [0.1, 0.15) is 25.0 Å². The molecule has 2 aliphatic rings. The second kappa shape index (κ2) is 7.54. The lowest BCUT2D eigenvalue weighted by Gasteiger charge is -2.35. The molecule has 2 saturated heterocycles. The molecule has 2 aliphatic heterocycles. The zero-order valence-corrected chi connectivity index (χ0v) is 14.8.